The fraction of sp³-hybridized carbons (Fsp3) is 0.591. The van der Waals surface area contributed by atoms with Crippen LogP contribution in [-0.4, -0.2) is 83.6 Å². The number of carbonyl (C=O) groups is 3. The van der Waals surface area contributed by atoms with E-state index in [1.165, 1.54) is 28.0 Å². The number of likely N-dealkylation sites (tertiary alicyclic amines) is 1. The lowest BCUT2D eigenvalue weighted by molar-refractivity contribution is -0.137. The predicted octanol–water partition coefficient (Wildman–Crippen LogP) is 2.97. The second-order valence-corrected chi connectivity index (χ2v) is 8.82. The largest absolute Gasteiger partial charge is 0.444 e. The van der Waals surface area contributed by atoms with E-state index in [1.807, 2.05) is 0 Å². The summed E-state index contributed by atoms with van der Waals surface area (Å²) in [6.07, 6.45) is 0.780. The van der Waals surface area contributed by atoms with E-state index >= 15 is 0 Å². The van der Waals surface area contributed by atoms with Gasteiger partial charge in [0.05, 0.1) is 5.56 Å². The van der Waals surface area contributed by atoms with Gasteiger partial charge in [-0.05, 0) is 45.7 Å². The lowest BCUT2D eigenvalue weighted by atomic mass is 10.1. The van der Waals surface area contributed by atoms with Crippen molar-refractivity contribution in [1.82, 2.24) is 14.7 Å². The number of benzene rings is 1. The molecule has 0 saturated carbocycles. The summed E-state index contributed by atoms with van der Waals surface area (Å²) in [7, 11) is 0. The van der Waals surface area contributed by atoms with Crippen LogP contribution in [0.1, 0.15) is 44.0 Å². The molecule has 3 amide bonds. The first-order chi connectivity index (χ1) is 15.1. The fourth-order valence-electron chi connectivity index (χ4n) is 3.92. The summed E-state index contributed by atoms with van der Waals surface area (Å²) in [4.78, 5) is 43.0. The summed E-state index contributed by atoms with van der Waals surface area (Å²) in [6.45, 7) is 3.86. The molecule has 32 heavy (non-hydrogen) atoms. The molecule has 2 aliphatic rings. The van der Waals surface area contributed by atoms with Crippen LogP contribution in [0.25, 0.3) is 0 Å². The number of hydrogen-bond donors (Lipinski definition) is 0. The Morgan fingerprint density at radius 3 is 2.25 bits per heavy atom. The van der Waals surface area contributed by atoms with E-state index in [9.17, 15) is 23.2 Å². The summed E-state index contributed by atoms with van der Waals surface area (Å²) in [5.74, 6) is -0.767. The highest BCUT2D eigenvalue weighted by Gasteiger charge is 2.39. The van der Waals surface area contributed by atoms with Gasteiger partial charge in [0, 0.05) is 32.7 Å². The lowest BCUT2D eigenvalue weighted by Gasteiger charge is -2.37. The molecule has 2 aliphatic heterocycles. The van der Waals surface area contributed by atoms with Gasteiger partial charge in [-0.25, -0.2) is 4.79 Å². The predicted molar refractivity (Wildman–Crippen MR) is 112 cm³/mol. The maximum Gasteiger partial charge on any atom is 0.410 e. The van der Waals surface area contributed by atoms with E-state index in [0.717, 1.165) is 6.42 Å². The van der Waals surface area contributed by atoms with Crippen molar-refractivity contribution in [3.63, 3.8) is 0 Å². The number of piperazine rings is 1. The molecular formula is C22H29F2N3O5. The van der Waals surface area contributed by atoms with Gasteiger partial charge in [-0.2, -0.15) is 8.78 Å². The second-order valence-electron chi connectivity index (χ2n) is 8.82. The average molecular weight is 453 g/mol. The number of rotatable bonds is 4. The van der Waals surface area contributed by atoms with Crippen molar-refractivity contribution in [2.45, 2.75) is 51.9 Å². The zero-order valence-corrected chi connectivity index (χ0v) is 18.6. The SMILES string of the molecule is CC(C)(C)OC(=O)N1CCC[C@H]1C(=O)N1CCN(C(=O)c2ccccc2OC(F)F)CC1. The van der Waals surface area contributed by atoms with Crippen LogP contribution in [0, 0.1) is 0 Å². The maximum atomic E-state index is 13.1. The molecule has 3 rings (SSSR count). The molecule has 1 atom stereocenters. The number of hydrogen-bond acceptors (Lipinski definition) is 5. The molecule has 0 aliphatic carbocycles. The number of nitrogens with zero attached hydrogens (tertiary/aromatic N) is 3. The first-order valence-corrected chi connectivity index (χ1v) is 10.7. The van der Waals surface area contributed by atoms with Gasteiger partial charge in [0.1, 0.15) is 17.4 Å². The Balaban J connectivity index is 1.60. The molecule has 176 valence electrons. The van der Waals surface area contributed by atoms with E-state index < -0.39 is 30.3 Å². The average Bonchev–Trinajstić information content (AvgIpc) is 3.22. The van der Waals surface area contributed by atoms with Crippen molar-refractivity contribution in [2.24, 2.45) is 0 Å². The standard InChI is InChI=1S/C22H29F2N3O5/c1-22(2,3)32-21(30)27-10-6-8-16(27)19(29)26-13-11-25(12-14-26)18(28)15-7-4-5-9-17(15)31-20(23)24/h4-5,7,9,16,20H,6,8,10-14H2,1-3H3/t16-/m0/s1. The Hall–Kier alpha value is -2.91. The van der Waals surface area contributed by atoms with Gasteiger partial charge >= 0.3 is 12.7 Å². The molecule has 0 N–H and O–H groups in total. The van der Waals surface area contributed by atoms with E-state index in [4.69, 9.17) is 4.74 Å². The summed E-state index contributed by atoms with van der Waals surface area (Å²) < 4.78 is 35.2. The van der Waals surface area contributed by atoms with E-state index in [1.54, 1.807) is 31.7 Å². The molecule has 0 spiro atoms. The molecule has 10 heteroatoms. The Morgan fingerprint density at radius 1 is 1.00 bits per heavy atom. The lowest BCUT2D eigenvalue weighted by Crippen LogP contribution is -2.55. The van der Waals surface area contributed by atoms with Crippen LogP contribution < -0.4 is 4.74 Å². The van der Waals surface area contributed by atoms with Crippen LogP contribution in [0.5, 0.6) is 5.75 Å². The smallest absolute Gasteiger partial charge is 0.410 e. The molecule has 1 aromatic rings. The van der Waals surface area contributed by atoms with Crippen molar-refractivity contribution in [3.8, 4) is 5.75 Å². The third-order valence-electron chi connectivity index (χ3n) is 5.38. The van der Waals surface area contributed by atoms with Gasteiger partial charge in [0.2, 0.25) is 5.91 Å². The van der Waals surface area contributed by atoms with Crippen molar-refractivity contribution in [3.05, 3.63) is 29.8 Å². The Morgan fingerprint density at radius 2 is 1.62 bits per heavy atom. The van der Waals surface area contributed by atoms with Gasteiger partial charge in [-0.1, -0.05) is 12.1 Å². The minimum Gasteiger partial charge on any atom is -0.444 e. The number of carbonyl (C=O) groups excluding carboxylic acids is 3. The first-order valence-electron chi connectivity index (χ1n) is 10.7. The number of ether oxygens (including phenoxy) is 2. The van der Waals surface area contributed by atoms with E-state index in [2.05, 4.69) is 4.74 Å². The van der Waals surface area contributed by atoms with Crippen molar-refractivity contribution in [2.75, 3.05) is 32.7 Å². The van der Waals surface area contributed by atoms with Crippen LogP contribution in [0.15, 0.2) is 24.3 Å². The molecule has 8 nitrogen and oxygen atoms in total. The number of para-hydroxylation sites is 1. The van der Waals surface area contributed by atoms with Gasteiger partial charge < -0.3 is 19.3 Å². The summed E-state index contributed by atoms with van der Waals surface area (Å²) in [6, 6.07) is 5.28. The molecule has 0 bridgehead atoms. The zero-order chi connectivity index (χ0) is 23.5. The summed E-state index contributed by atoms with van der Waals surface area (Å²) in [5, 5.41) is 0. The molecule has 0 aromatic heterocycles. The summed E-state index contributed by atoms with van der Waals surface area (Å²) in [5.41, 5.74) is -0.594. The topological polar surface area (TPSA) is 79.4 Å². The van der Waals surface area contributed by atoms with Crippen LogP contribution in [0.4, 0.5) is 13.6 Å². The van der Waals surface area contributed by atoms with Crippen LogP contribution in [0.3, 0.4) is 0 Å². The highest BCUT2D eigenvalue weighted by Crippen LogP contribution is 2.25. The second kappa shape index (κ2) is 9.70. The molecule has 0 radical (unpaired) electrons. The minimum absolute atomic E-state index is 0.0551. The van der Waals surface area contributed by atoms with E-state index in [-0.39, 0.29) is 30.3 Å². The number of amides is 3. The van der Waals surface area contributed by atoms with Crippen LogP contribution in [-0.2, 0) is 9.53 Å². The first kappa shape index (κ1) is 23.7. The van der Waals surface area contributed by atoms with Gasteiger partial charge in [-0.3, -0.25) is 14.5 Å². The molecular weight excluding hydrogens is 424 g/mol. The third kappa shape index (κ3) is 5.66. The third-order valence-corrected chi connectivity index (χ3v) is 5.38. The van der Waals surface area contributed by atoms with Crippen molar-refractivity contribution >= 4 is 17.9 Å². The highest BCUT2D eigenvalue weighted by atomic mass is 19.3. The molecule has 2 saturated heterocycles. The Bertz CT molecular complexity index is 850. The van der Waals surface area contributed by atoms with Gasteiger partial charge in [-0.15, -0.1) is 0 Å². The highest BCUT2D eigenvalue weighted by molar-refractivity contribution is 5.97. The van der Waals surface area contributed by atoms with Crippen LogP contribution in [0.2, 0.25) is 0 Å². The van der Waals surface area contributed by atoms with Crippen molar-refractivity contribution in [1.29, 1.82) is 0 Å². The zero-order valence-electron chi connectivity index (χ0n) is 18.6. The van der Waals surface area contributed by atoms with Gasteiger partial charge in [0.25, 0.3) is 5.91 Å². The number of alkyl halides is 2. The Labute approximate surface area is 186 Å². The monoisotopic (exact) mass is 453 g/mol. The van der Waals surface area contributed by atoms with Gasteiger partial charge in [0.15, 0.2) is 0 Å². The molecule has 2 heterocycles. The molecule has 2 fully saturated rings. The fourth-order valence-corrected chi connectivity index (χ4v) is 3.92. The number of halogens is 2. The Kier molecular flexibility index (Phi) is 7.20. The van der Waals surface area contributed by atoms with Crippen molar-refractivity contribution < 1.29 is 32.6 Å². The van der Waals surface area contributed by atoms with E-state index in [0.29, 0.717) is 26.1 Å². The maximum absolute atomic E-state index is 13.1. The van der Waals surface area contributed by atoms with Crippen LogP contribution >= 0.6 is 0 Å². The molecule has 0 unspecified atom stereocenters. The molecule has 1 aromatic carbocycles. The normalized spacial score (nSPS) is 19.3. The minimum atomic E-state index is -3.03. The quantitative estimate of drug-likeness (QED) is 0.701. The summed E-state index contributed by atoms with van der Waals surface area (Å²) >= 11 is 0.